The van der Waals surface area contributed by atoms with E-state index >= 15 is 0 Å². The second-order valence-electron chi connectivity index (χ2n) is 9.11. The van der Waals surface area contributed by atoms with Crippen LogP contribution in [-0.2, 0) is 26.2 Å². The van der Waals surface area contributed by atoms with Crippen LogP contribution < -0.4 is 14.4 Å². The van der Waals surface area contributed by atoms with Gasteiger partial charge < -0.3 is 15.0 Å². The molecule has 0 radical (unpaired) electrons. The Balaban J connectivity index is 2.07. The predicted molar refractivity (Wildman–Crippen MR) is 156 cm³/mol. The number of aryl methyl sites for hydroxylation is 1. The van der Waals surface area contributed by atoms with Crippen molar-refractivity contribution in [3.8, 4) is 5.75 Å². The van der Waals surface area contributed by atoms with Gasteiger partial charge in [-0.1, -0.05) is 36.8 Å². The molecule has 0 bridgehead atoms. The largest absolute Gasteiger partial charge is 0.496 e. The van der Waals surface area contributed by atoms with E-state index in [1.807, 2.05) is 6.92 Å². The van der Waals surface area contributed by atoms with Gasteiger partial charge in [0.05, 0.1) is 22.2 Å². The van der Waals surface area contributed by atoms with E-state index in [2.05, 4.69) is 21.2 Å². The minimum atomic E-state index is -4.23. The van der Waals surface area contributed by atoms with Gasteiger partial charge in [-0.2, -0.15) is 0 Å². The van der Waals surface area contributed by atoms with E-state index in [-0.39, 0.29) is 17.3 Å². The van der Waals surface area contributed by atoms with Gasteiger partial charge in [-0.25, -0.2) is 12.8 Å². The van der Waals surface area contributed by atoms with Gasteiger partial charge >= 0.3 is 0 Å². The third-order valence-corrected chi connectivity index (χ3v) is 8.70. The molecule has 0 fully saturated rings. The molecule has 0 saturated carbocycles. The van der Waals surface area contributed by atoms with Crippen LogP contribution in [0.1, 0.15) is 31.4 Å². The molecule has 0 aliphatic carbocycles. The number of hydrogen-bond acceptors (Lipinski definition) is 5. The predicted octanol–water partition coefficient (Wildman–Crippen LogP) is 5.04. The third kappa shape index (κ3) is 7.39. The number of halogens is 2. The summed E-state index contributed by atoms with van der Waals surface area (Å²) < 4.78 is 48.2. The van der Waals surface area contributed by atoms with Crippen molar-refractivity contribution in [2.24, 2.45) is 0 Å². The first kappa shape index (κ1) is 31.1. The van der Waals surface area contributed by atoms with Crippen molar-refractivity contribution in [2.45, 2.75) is 44.7 Å². The summed E-state index contributed by atoms with van der Waals surface area (Å²) in [5, 5.41) is 2.75. The number of carbonyl (C=O) groups is 2. The lowest BCUT2D eigenvalue weighted by atomic mass is 10.1. The van der Waals surface area contributed by atoms with Crippen LogP contribution in [0, 0.1) is 12.7 Å². The molecule has 0 heterocycles. The number of sulfonamides is 1. The molecule has 0 aromatic heterocycles. The molecule has 2 amide bonds. The van der Waals surface area contributed by atoms with Crippen molar-refractivity contribution >= 4 is 43.5 Å². The van der Waals surface area contributed by atoms with Crippen LogP contribution in [-0.4, -0.2) is 51.4 Å². The fourth-order valence-electron chi connectivity index (χ4n) is 4.17. The maximum Gasteiger partial charge on any atom is 0.264 e. The fraction of sp³-hybridized carbons (Fsp3) is 0.310. The highest BCUT2D eigenvalue weighted by atomic mass is 79.9. The lowest BCUT2D eigenvalue weighted by Crippen LogP contribution is -2.52. The second-order valence-corrected chi connectivity index (χ2v) is 11.8. The molecule has 1 atom stereocenters. The maximum absolute atomic E-state index is 14.0. The van der Waals surface area contributed by atoms with Gasteiger partial charge in [0.25, 0.3) is 10.0 Å². The molecule has 11 heteroatoms. The van der Waals surface area contributed by atoms with Gasteiger partial charge in [-0.15, -0.1) is 0 Å². The quantitative estimate of drug-likeness (QED) is 0.301. The summed E-state index contributed by atoms with van der Waals surface area (Å²) in [5.41, 5.74) is 1.81. The topological polar surface area (TPSA) is 96.0 Å². The van der Waals surface area contributed by atoms with Gasteiger partial charge in [-0.3, -0.25) is 13.9 Å². The second kappa shape index (κ2) is 13.8. The molecule has 40 heavy (non-hydrogen) atoms. The number of benzene rings is 3. The van der Waals surface area contributed by atoms with Crippen molar-refractivity contribution in [1.29, 1.82) is 0 Å². The van der Waals surface area contributed by atoms with Gasteiger partial charge in [0.15, 0.2) is 0 Å². The van der Waals surface area contributed by atoms with Crippen LogP contribution in [0.2, 0.25) is 0 Å². The summed E-state index contributed by atoms with van der Waals surface area (Å²) in [6, 6.07) is 15.9. The van der Waals surface area contributed by atoms with Crippen LogP contribution in [0.15, 0.2) is 76.1 Å². The molecule has 0 aliphatic rings. The SMILES string of the molecule is CCNC(=O)C(CC)N(Cc1ccc(F)cc1)C(=O)CN(c1ccc(C)cc1)S(=O)(=O)c1ccc(OC)c(Br)c1. The van der Waals surface area contributed by atoms with Crippen molar-refractivity contribution < 1.29 is 27.1 Å². The van der Waals surface area contributed by atoms with Crippen LogP contribution in [0.25, 0.3) is 0 Å². The number of likely N-dealkylation sites (N-methyl/N-ethyl adjacent to an activating group) is 1. The van der Waals surface area contributed by atoms with Crippen LogP contribution in [0.5, 0.6) is 5.75 Å². The van der Waals surface area contributed by atoms with Crippen molar-refractivity contribution in [2.75, 3.05) is 24.5 Å². The van der Waals surface area contributed by atoms with Gasteiger partial charge in [0, 0.05) is 13.1 Å². The number of carbonyl (C=O) groups excluding carboxylic acids is 2. The number of rotatable bonds is 12. The molecule has 0 aliphatic heterocycles. The van der Waals surface area contributed by atoms with Crippen LogP contribution in [0.4, 0.5) is 10.1 Å². The molecule has 3 aromatic carbocycles. The van der Waals surface area contributed by atoms with E-state index in [1.54, 1.807) is 38.1 Å². The molecule has 0 spiro atoms. The number of nitrogens with zero attached hydrogens (tertiary/aromatic N) is 2. The van der Waals surface area contributed by atoms with E-state index < -0.39 is 34.3 Å². The standard InChI is InChI=1S/C29H33BrFN3O5S/c1-5-26(29(36)32-6-2)33(18-21-9-11-22(31)12-10-21)28(35)19-34(23-13-7-20(3)8-14-23)40(37,38)24-15-16-27(39-4)25(30)17-24/h7-17,26H,5-6,18-19H2,1-4H3,(H,32,36). The summed E-state index contributed by atoms with van der Waals surface area (Å²) in [7, 11) is -2.76. The minimum Gasteiger partial charge on any atom is -0.496 e. The van der Waals surface area contributed by atoms with Gasteiger partial charge in [0.1, 0.15) is 24.2 Å². The Hall–Kier alpha value is -3.44. The zero-order valence-electron chi connectivity index (χ0n) is 22.9. The summed E-state index contributed by atoms with van der Waals surface area (Å²) in [6.07, 6.45) is 0.293. The maximum atomic E-state index is 14.0. The van der Waals surface area contributed by atoms with Gasteiger partial charge in [0.2, 0.25) is 11.8 Å². The first-order chi connectivity index (χ1) is 19.0. The average Bonchev–Trinajstić information content (AvgIpc) is 2.93. The molecule has 1 N–H and O–H groups in total. The van der Waals surface area contributed by atoms with E-state index in [4.69, 9.17) is 4.74 Å². The number of nitrogens with one attached hydrogen (secondary N) is 1. The Bertz CT molecular complexity index is 1430. The normalized spacial score (nSPS) is 11.9. The number of methoxy groups -OCH3 is 1. The first-order valence-corrected chi connectivity index (χ1v) is 15.0. The fourth-order valence-corrected chi connectivity index (χ4v) is 6.31. The molecular weight excluding hydrogens is 601 g/mol. The first-order valence-electron chi connectivity index (χ1n) is 12.8. The summed E-state index contributed by atoms with van der Waals surface area (Å²) in [4.78, 5) is 28.2. The third-order valence-electron chi connectivity index (χ3n) is 6.32. The molecule has 3 aromatic rings. The van der Waals surface area contributed by atoms with Crippen molar-refractivity contribution in [1.82, 2.24) is 10.2 Å². The number of anilines is 1. The molecule has 1 unspecified atom stereocenters. The Morgan fingerprint density at radius 1 is 1.02 bits per heavy atom. The lowest BCUT2D eigenvalue weighted by Gasteiger charge is -2.33. The van der Waals surface area contributed by atoms with Crippen molar-refractivity contribution in [3.05, 3.63) is 88.1 Å². The Kier molecular flexibility index (Phi) is 10.7. The number of ether oxygens (including phenoxy) is 1. The van der Waals surface area contributed by atoms with E-state index in [1.165, 1.54) is 54.5 Å². The monoisotopic (exact) mass is 633 g/mol. The van der Waals surface area contributed by atoms with Crippen LogP contribution in [0.3, 0.4) is 0 Å². The average molecular weight is 635 g/mol. The molecular formula is C29H33BrFN3O5S. The summed E-state index contributed by atoms with van der Waals surface area (Å²) in [6.45, 7) is 5.21. The van der Waals surface area contributed by atoms with Crippen LogP contribution >= 0.6 is 15.9 Å². The molecule has 0 saturated heterocycles. The Labute approximate surface area is 243 Å². The highest BCUT2D eigenvalue weighted by Crippen LogP contribution is 2.31. The molecule has 8 nitrogen and oxygen atoms in total. The number of hydrogen-bond donors (Lipinski definition) is 1. The smallest absolute Gasteiger partial charge is 0.264 e. The van der Waals surface area contributed by atoms with Crippen molar-refractivity contribution in [3.63, 3.8) is 0 Å². The van der Waals surface area contributed by atoms with E-state index in [9.17, 15) is 22.4 Å². The van der Waals surface area contributed by atoms with E-state index in [0.29, 0.717) is 34.4 Å². The summed E-state index contributed by atoms with van der Waals surface area (Å²) in [5.74, 6) is -0.918. The zero-order valence-corrected chi connectivity index (χ0v) is 25.3. The Morgan fingerprint density at radius 3 is 2.23 bits per heavy atom. The highest BCUT2D eigenvalue weighted by molar-refractivity contribution is 9.10. The molecule has 214 valence electrons. The molecule has 3 rings (SSSR count). The van der Waals surface area contributed by atoms with Gasteiger partial charge in [-0.05, 0) is 84.2 Å². The highest BCUT2D eigenvalue weighted by Gasteiger charge is 2.33. The lowest BCUT2D eigenvalue weighted by molar-refractivity contribution is -0.140. The zero-order chi connectivity index (χ0) is 29.4. The number of amides is 2. The van der Waals surface area contributed by atoms with E-state index in [0.717, 1.165) is 9.87 Å². The minimum absolute atomic E-state index is 0.00930. The summed E-state index contributed by atoms with van der Waals surface area (Å²) >= 11 is 3.34. The Morgan fingerprint density at radius 2 is 1.68 bits per heavy atom.